The van der Waals surface area contributed by atoms with E-state index in [1.807, 2.05) is 6.08 Å². The highest BCUT2D eigenvalue weighted by molar-refractivity contribution is 5.47. The van der Waals surface area contributed by atoms with Crippen molar-refractivity contribution in [3.63, 3.8) is 0 Å². The van der Waals surface area contributed by atoms with Gasteiger partial charge in [0.05, 0.1) is 20.1 Å². The fourth-order valence-corrected chi connectivity index (χ4v) is 5.43. The first kappa shape index (κ1) is 35.2. The first-order valence-corrected chi connectivity index (χ1v) is 15.7. The lowest BCUT2D eigenvalue weighted by atomic mass is 10.0. The van der Waals surface area contributed by atoms with E-state index in [-0.39, 0.29) is 12.4 Å². The summed E-state index contributed by atoms with van der Waals surface area (Å²) in [6, 6.07) is 9.11. The van der Waals surface area contributed by atoms with Crippen LogP contribution in [0.2, 0.25) is 0 Å². The zero-order valence-corrected chi connectivity index (χ0v) is 25.4. The number of quaternary nitrogens is 1. The molecule has 0 aliphatic rings. The molecule has 0 fully saturated rings. The Labute approximate surface area is 233 Å². The van der Waals surface area contributed by atoms with Crippen LogP contribution < -0.4 is 12.4 Å². The predicted octanol–water partition coefficient (Wildman–Crippen LogP) is 8.12. The van der Waals surface area contributed by atoms with Crippen molar-refractivity contribution in [3.05, 3.63) is 42.0 Å². The van der Waals surface area contributed by atoms with E-state index >= 15 is 0 Å². The van der Waals surface area contributed by atoms with Crippen LogP contribution in [0.25, 0.3) is 6.08 Å². The van der Waals surface area contributed by atoms with Gasteiger partial charge in [-0.2, -0.15) is 0 Å². The largest absolute Gasteiger partial charge is 1.00 e. The third-order valence-corrected chi connectivity index (χ3v) is 7.88. The van der Waals surface area contributed by atoms with Gasteiger partial charge in [-0.15, -0.1) is 0 Å². The first-order valence-electron chi connectivity index (χ1n) is 15.7. The second kappa shape index (κ2) is 24.5. The molecule has 2 heteroatoms. The molecule has 210 valence electrons. The van der Waals surface area contributed by atoms with Crippen LogP contribution in [0.5, 0.6) is 0 Å². The maximum absolute atomic E-state index is 3.91. The molecule has 0 unspecified atom stereocenters. The molecular formula is C34H62ClN. The molecule has 1 rings (SSSR count). The number of hydrogen-bond acceptors (Lipinski definition) is 0. The van der Waals surface area contributed by atoms with Crippen molar-refractivity contribution >= 4 is 6.08 Å². The molecule has 0 radical (unpaired) electrons. The van der Waals surface area contributed by atoms with E-state index in [2.05, 4.69) is 51.7 Å². The summed E-state index contributed by atoms with van der Waals surface area (Å²) in [5.74, 6) is 0. The Hall–Kier alpha value is -0.790. The summed E-state index contributed by atoms with van der Waals surface area (Å²) in [6.45, 7) is 12.4. The van der Waals surface area contributed by atoms with Crippen molar-refractivity contribution in [3.8, 4) is 0 Å². The van der Waals surface area contributed by atoms with Crippen LogP contribution in [0.4, 0.5) is 0 Å². The Bertz CT molecular complexity index is 570. The van der Waals surface area contributed by atoms with Crippen LogP contribution in [0, 0.1) is 0 Å². The van der Waals surface area contributed by atoms with E-state index in [4.69, 9.17) is 0 Å². The lowest BCUT2D eigenvalue weighted by Crippen LogP contribution is -3.00. The topological polar surface area (TPSA) is 0 Å². The van der Waals surface area contributed by atoms with Crippen LogP contribution in [0.15, 0.2) is 30.8 Å². The molecule has 0 atom stereocenters. The molecule has 0 N–H and O–H groups in total. The van der Waals surface area contributed by atoms with Crippen molar-refractivity contribution in [2.75, 3.05) is 20.1 Å². The molecule has 36 heavy (non-hydrogen) atoms. The smallest absolute Gasteiger partial charge is 0.104 e. The minimum atomic E-state index is 0. The molecule has 0 spiro atoms. The van der Waals surface area contributed by atoms with E-state index in [1.54, 1.807) is 0 Å². The summed E-state index contributed by atoms with van der Waals surface area (Å²) in [4.78, 5) is 0. The van der Waals surface area contributed by atoms with Crippen molar-refractivity contribution in [1.29, 1.82) is 0 Å². The highest BCUT2D eigenvalue weighted by Crippen LogP contribution is 2.19. The fourth-order valence-electron chi connectivity index (χ4n) is 5.43. The Morgan fingerprint density at radius 1 is 0.556 bits per heavy atom. The molecule has 0 bridgehead atoms. The summed E-state index contributed by atoms with van der Waals surface area (Å²) in [5, 5.41) is 0. The maximum Gasteiger partial charge on any atom is 0.104 e. The summed E-state index contributed by atoms with van der Waals surface area (Å²) in [5.41, 5.74) is 2.71. The van der Waals surface area contributed by atoms with Gasteiger partial charge < -0.3 is 16.9 Å². The first-order chi connectivity index (χ1) is 17.1. The van der Waals surface area contributed by atoms with E-state index in [0.717, 1.165) is 0 Å². The summed E-state index contributed by atoms with van der Waals surface area (Å²) in [6.07, 6.45) is 30.4. The zero-order valence-electron chi connectivity index (χ0n) is 24.7. The molecule has 1 aromatic rings. The molecule has 0 aliphatic carbocycles. The highest BCUT2D eigenvalue weighted by atomic mass is 35.5. The second-order valence-corrected chi connectivity index (χ2v) is 11.5. The Kier molecular flexibility index (Phi) is 24.0. The third-order valence-electron chi connectivity index (χ3n) is 7.88. The number of nitrogens with zero attached hydrogens (tertiary/aromatic N) is 1. The SMILES string of the molecule is C=Cc1ccc(C[N+](C)(CCCCCCCCCCCC)CCCCCCCCCCCC)cc1.[Cl-]. The van der Waals surface area contributed by atoms with Gasteiger partial charge in [-0.3, -0.25) is 0 Å². The standard InChI is InChI=1S/C34H62N.ClH/c1-5-8-10-12-14-16-18-20-22-24-30-35(4,32-34-28-26-33(7-3)27-29-34)31-25-23-21-19-17-15-13-11-9-6-2;/h7,26-29H,3,5-6,8-25,30-32H2,1-2,4H3;1H/q+1;/p-1. The monoisotopic (exact) mass is 519 g/mol. The number of unbranched alkanes of at least 4 members (excludes halogenated alkanes) is 18. The Morgan fingerprint density at radius 3 is 1.22 bits per heavy atom. The summed E-state index contributed by atoms with van der Waals surface area (Å²) >= 11 is 0. The van der Waals surface area contributed by atoms with Crippen LogP contribution in [-0.4, -0.2) is 24.6 Å². The molecule has 0 saturated heterocycles. The van der Waals surface area contributed by atoms with Gasteiger partial charge in [0.2, 0.25) is 0 Å². The van der Waals surface area contributed by atoms with Gasteiger partial charge in [0.1, 0.15) is 6.54 Å². The molecule has 1 aromatic carbocycles. The Morgan fingerprint density at radius 2 is 0.889 bits per heavy atom. The minimum absolute atomic E-state index is 0. The molecular weight excluding hydrogens is 458 g/mol. The minimum Gasteiger partial charge on any atom is -1.00 e. The normalized spacial score (nSPS) is 11.4. The van der Waals surface area contributed by atoms with Gasteiger partial charge in [0, 0.05) is 5.56 Å². The molecule has 0 aromatic heterocycles. The van der Waals surface area contributed by atoms with Gasteiger partial charge >= 0.3 is 0 Å². The van der Waals surface area contributed by atoms with Crippen LogP contribution in [-0.2, 0) is 6.54 Å². The third kappa shape index (κ3) is 19.3. The average Bonchev–Trinajstić information content (AvgIpc) is 2.87. The number of benzene rings is 1. The lowest BCUT2D eigenvalue weighted by molar-refractivity contribution is -0.923. The maximum atomic E-state index is 3.91. The quantitative estimate of drug-likeness (QED) is 0.0903. The molecule has 0 aliphatic heterocycles. The highest BCUT2D eigenvalue weighted by Gasteiger charge is 2.21. The van der Waals surface area contributed by atoms with Crippen LogP contribution in [0.1, 0.15) is 153 Å². The summed E-state index contributed by atoms with van der Waals surface area (Å²) in [7, 11) is 2.52. The van der Waals surface area contributed by atoms with E-state index < -0.39 is 0 Å². The van der Waals surface area contributed by atoms with Crippen LogP contribution >= 0.6 is 0 Å². The number of rotatable bonds is 25. The van der Waals surface area contributed by atoms with Gasteiger partial charge in [0.15, 0.2) is 0 Å². The second-order valence-electron chi connectivity index (χ2n) is 11.5. The Balaban J connectivity index is 0.0000122. The van der Waals surface area contributed by atoms with Crippen molar-refractivity contribution in [1.82, 2.24) is 0 Å². The van der Waals surface area contributed by atoms with Crippen molar-refractivity contribution in [2.24, 2.45) is 0 Å². The molecule has 1 nitrogen and oxygen atoms in total. The summed E-state index contributed by atoms with van der Waals surface area (Å²) < 4.78 is 1.21. The lowest BCUT2D eigenvalue weighted by Gasteiger charge is -2.35. The van der Waals surface area contributed by atoms with Crippen LogP contribution in [0.3, 0.4) is 0 Å². The van der Waals surface area contributed by atoms with Crippen molar-refractivity contribution < 1.29 is 16.9 Å². The molecule has 0 saturated carbocycles. The van der Waals surface area contributed by atoms with E-state index in [1.165, 1.54) is 164 Å². The van der Waals surface area contributed by atoms with Gasteiger partial charge in [-0.1, -0.05) is 154 Å². The van der Waals surface area contributed by atoms with Gasteiger partial charge in [-0.05, 0) is 31.2 Å². The van der Waals surface area contributed by atoms with Crippen molar-refractivity contribution in [2.45, 2.75) is 149 Å². The van der Waals surface area contributed by atoms with Gasteiger partial charge in [-0.25, -0.2) is 0 Å². The number of halogens is 1. The zero-order chi connectivity index (χ0) is 25.5. The number of hydrogen-bond donors (Lipinski definition) is 0. The van der Waals surface area contributed by atoms with E-state index in [0.29, 0.717) is 0 Å². The average molecular weight is 520 g/mol. The predicted molar refractivity (Wildman–Crippen MR) is 160 cm³/mol. The molecule has 0 heterocycles. The fraction of sp³-hybridized carbons (Fsp3) is 0.765. The molecule has 0 amide bonds. The van der Waals surface area contributed by atoms with Gasteiger partial charge in [0.25, 0.3) is 0 Å². The van der Waals surface area contributed by atoms with E-state index in [9.17, 15) is 0 Å².